The van der Waals surface area contributed by atoms with Gasteiger partial charge in [-0.2, -0.15) is 5.26 Å². The average Bonchev–Trinajstić information content (AvgIpc) is 3.29. The molecule has 0 aliphatic heterocycles. The van der Waals surface area contributed by atoms with E-state index in [0.717, 1.165) is 13.1 Å². The lowest BCUT2D eigenvalue weighted by Gasteiger charge is -2.18. The number of anilines is 1. The van der Waals surface area contributed by atoms with Crippen molar-refractivity contribution < 1.29 is 9.69 Å². The first-order valence-electron chi connectivity index (χ1n) is 7.91. The predicted molar refractivity (Wildman–Crippen MR) is 102 cm³/mol. The van der Waals surface area contributed by atoms with Gasteiger partial charge in [0.2, 0.25) is 0 Å². The van der Waals surface area contributed by atoms with Crippen LogP contribution in [0.1, 0.15) is 15.3 Å². The van der Waals surface area contributed by atoms with Crippen LogP contribution in [-0.4, -0.2) is 12.5 Å². The number of carbonyl (C=O) groups is 1. The number of rotatable bonds is 7. The molecule has 0 bridgehead atoms. The molecule has 3 rings (SSSR count). The number of benzene rings is 1. The van der Waals surface area contributed by atoms with Crippen LogP contribution in [0.15, 0.2) is 59.3 Å². The van der Waals surface area contributed by atoms with Crippen molar-refractivity contribution in [3.05, 3.63) is 74.6 Å². The maximum atomic E-state index is 12.5. The second-order valence-corrected chi connectivity index (χ2v) is 7.74. The molecule has 0 radical (unpaired) electrons. The Morgan fingerprint density at radius 2 is 1.72 bits per heavy atom. The molecule has 25 heavy (non-hydrogen) atoms. The van der Waals surface area contributed by atoms with Gasteiger partial charge in [-0.25, -0.2) is 0 Å². The largest absolute Gasteiger partial charge is 0.321 e. The predicted octanol–water partition coefficient (Wildman–Crippen LogP) is 2.91. The van der Waals surface area contributed by atoms with Gasteiger partial charge in [-0.1, -0.05) is 18.2 Å². The zero-order valence-electron chi connectivity index (χ0n) is 13.6. The van der Waals surface area contributed by atoms with Gasteiger partial charge in [-0.15, -0.1) is 22.7 Å². The molecule has 2 aromatic heterocycles. The summed E-state index contributed by atoms with van der Waals surface area (Å²) in [6.45, 7) is 2.02. The number of hydrogen-bond acceptors (Lipinski definition) is 4. The van der Waals surface area contributed by atoms with E-state index in [9.17, 15) is 4.79 Å². The fourth-order valence-electron chi connectivity index (χ4n) is 2.61. The van der Waals surface area contributed by atoms with Gasteiger partial charge in [0, 0.05) is 5.69 Å². The lowest BCUT2D eigenvalue weighted by molar-refractivity contribution is -0.918. The summed E-state index contributed by atoms with van der Waals surface area (Å²) in [7, 11) is 0. The zero-order valence-corrected chi connectivity index (χ0v) is 15.2. The topological polar surface area (TPSA) is 57.3 Å². The van der Waals surface area contributed by atoms with Crippen molar-refractivity contribution in [2.24, 2.45) is 0 Å². The number of quaternary nitrogens is 1. The maximum Gasteiger partial charge on any atom is 0.279 e. The lowest BCUT2D eigenvalue weighted by atomic mass is 10.2. The number of amides is 1. The third kappa shape index (κ3) is 5.26. The molecule has 1 aromatic carbocycles. The van der Waals surface area contributed by atoms with Crippen molar-refractivity contribution in [1.82, 2.24) is 0 Å². The van der Waals surface area contributed by atoms with Crippen LogP contribution in [0.3, 0.4) is 0 Å². The molecule has 0 aliphatic rings. The Hall–Kier alpha value is -2.46. The molecule has 1 amide bonds. The van der Waals surface area contributed by atoms with E-state index in [1.54, 1.807) is 46.9 Å². The highest BCUT2D eigenvalue weighted by molar-refractivity contribution is 7.10. The molecule has 0 spiro atoms. The van der Waals surface area contributed by atoms with Crippen LogP contribution in [0, 0.1) is 11.3 Å². The first-order valence-corrected chi connectivity index (χ1v) is 9.67. The summed E-state index contributed by atoms with van der Waals surface area (Å²) < 4.78 is 0. The number of nitrogens with zero attached hydrogens (tertiary/aromatic N) is 1. The molecule has 4 nitrogen and oxygen atoms in total. The highest BCUT2D eigenvalue weighted by Crippen LogP contribution is 2.10. The van der Waals surface area contributed by atoms with Crippen LogP contribution in [0.2, 0.25) is 0 Å². The smallest absolute Gasteiger partial charge is 0.279 e. The SMILES string of the molecule is N#Cc1cccc(NC(=O)C[NH+](Cc2cccs2)Cc2cccs2)c1. The molecule has 0 saturated heterocycles. The van der Waals surface area contributed by atoms with Crippen LogP contribution in [0.4, 0.5) is 5.69 Å². The molecule has 0 fully saturated rings. The molecule has 2 N–H and O–H groups in total. The Labute approximate surface area is 155 Å². The summed E-state index contributed by atoms with van der Waals surface area (Å²) in [5, 5.41) is 16.0. The summed E-state index contributed by atoms with van der Waals surface area (Å²) in [6.07, 6.45) is 0. The monoisotopic (exact) mass is 368 g/mol. The van der Waals surface area contributed by atoms with Crippen LogP contribution < -0.4 is 10.2 Å². The number of carbonyl (C=O) groups excluding carboxylic acids is 1. The van der Waals surface area contributed by atoms with Crippen LogP contribution in [0.25, 0.3) is 0 Å². The Bertz CT molecular complexity index is 815. The average molecular weight is 369 g/mol. The van der Waals surface area contributed by atoms with E-state index < -0.39 is 0 Å². The van der Waals surface area contributed by atoms with E-state index in [1.165, 1.54) is 14.7 Å². The van der Waals surface area contributed by atoms with Gasteiger partial charge < -0.3 is 10.2 Å². The van der Waals surface area contributed by atoms with Crippen LogP contribution >= 0.6 is 22.7 Å². The first-order chi connectivity index (χ1) is 12.2. The van der Waals surface area contributed by atoms with Gasteiger partial charge in [-0.3, -0.25) is 4.79 Å². The van der Waals surface area contributed by atoms with Gasteiger partial charge in [0.25, 0.3) is 5.91 Å². The fraction of sp³-hybridized carbons (Fsp3) is 0.158. The minimum Gasteiger partial charge on any atom is -0.321 e. The summed E-state index contributed by atoms with van der Waals surface area (Å²) in [4.78, 5) is 16.2. The highest BCUT2D eigenvalue weighted by Gasteiger charge is 2.17. The Morgan fingerprint density at radius 1 is 1.04 bits per heavy atom. The molecule has 0 saturated carbocycles. The fourth-order valence-corrected chi connectivity index (χ4v) is 4.16. The van der Waals surface area contributed by atoms with Crippen molar-refractivity contribution in [3.63, 3.8) is 0 Å². The molecular weight excluding hydrogens is 350 g/mol. The summed E-state index contributed by atoms with van der Waals surface area (Å²) in [5.74, 6) is -0.0433. The van der Waals surface area contributed by atoms with Crippen molar-refractivity contribution >= 4 is 34.3 Å². The van der Waals surface area contributed by atoms with Crippen LogP contribution in [0.5, 0.6) is 0 Å². The minimum atomic E-state index is -0.0433. The van der Waals surface area contributed by atoms with Crippen molar-refractivity contribution in [3.8, 4) is 6.07 Å². The molecule has 3 aromatic rings. The third-order valence-corrected chi connectivity index (χ3v) is 5.45. The van der Waals surface area contributed by atoms with Gasteiger partial charge >= 0.3 is 0 Å². The Balaban J connectivity index is 1.65. The number of hydrogen-bond donors (Lipinski definition) is 2. The number of nitrogens with one attached hydrogen (secondary N) is 2. The van der Waals surface area contributed by atoms with Crippen molar-refractivity contribution in [2.45, 2.75) is 13.1 Å². The normalized spacial score (nSPS) is 10.6. The summed E-state index contributed by atoms with van der Waals surface area (Å²) in [5.41, 5.74) is 1.20. The van der Waals surface area contributed by atoms with E-state index in [-0.39, 0.29) is 5.91 Å². The van der Waals surface area contributed by atoms with Gasteiger partial charge in [0.15, 0.2) is 6.54 Å². The number of thiophene rings is 2. The van der Waals surface area contributed by atoms with E-state index in [2.05, 4.69) is 34.3 Å². The molecular formula is C19H18N3OS2+. The second kappa shape index (κ2) is 8.58. The quantitative estimate of drug-likeness (QED) is 0.674. The van der Waals surface area contributed by atoms with Gasteiger partial charge in [-0.05, 0) is 41.1 Å². The molecule has 0 unspecified atom stereocenters. The highest BCUT2D eigenvalue weighted by atomic mass is 32.1. The molecule has 6 heteroatoms. The van der Waals surface area contributed by atoms with E-state index >= 15 is 0 Å². The third-order valence-electron chi connectivity index (χ3n) is 3.69. The first kappa shape index (κ1) is 17.4. The van der Waals surface area contributed by atoms with Crippen molar-refractivity contribution in [2.75, 3.05) is 11.9 Å². The lowest BCUT2D eigenvalue weighted by Crippen LogP contribution is -3.10. The summed E-state index contributed by atoms with van der Waals surface area (Å²) >= 11 is 3.43. The number of nitriles is 1. The maximum absolute atomic E-state index is 12.5. The standard InChI is InChI=1S/C19H17N3OS2/c20-11-15-4-1-5-16(10-15)21-19(23)14-22(12-17-6-2-8-24-17)13-18-7-3-9-25-18/h1-10H,12-14H2,(H,21,23)/p+1. The zero-order chi connectivity index (χ0) is 17.5. The molecule has 2 heterocycles. The van der Waals surface area contributed by atoms with Crippen molar-refractivity contribution in [1.29, 1.82) is 5.26 Å². The van der Waals surface area contributed by atoms with E-state index in [0.29, 0.717) is 17.8 Å². The van der Waals surface area contributed by atoms with Gasteiger partial charge in [0.05, 0.1) is 21.4 Å². The summed E-state index contributed by atoms with van der Waals surface area (Å²) in [6, 6.07) is 17.4. The molecule has 0 atom stereocenters. The Morgan fingerprint density at radius 3 is 2.28 bits per heavy atom. The van der Waals surface area contributed by atoms with E-state index in [1.807, 2.05) is 12.1 Å². The molecule has 126 valence electrons. The minimum absolute atomic E-state index is 0.0433. The Kier molecular flexibility index (Phi) is 5.96. The second-order valence-electron chi connectivity index (χ2n) is 5.68. The molecule has 0 aliphatic carbocycles. The van der Waals surface area contributed by atoms with Crippen LogP contribution in [-0.2, 0) is 17.9 Å². The van der Waals surface area contributed by atoms with Gasteiger partial charge in [0.1, 0.15) is 13.1 Å². The van der Waals surface area contributed by atoms with E-state index in [4.69, 9.17) is 5.26 Å².